The standard InChI is InChI=1S/C18H18N4O4/c1-18(2)12-9-15(22(25)26)14(10-13(12)21(4)17(18)24)20(3)16(23)11-5-7-19-8-6-11/h5-10H,1-4H3. The highest BCUT2D eigenvalue weighted by molar-refractivity contribution is 6.11. The summed E-state index contributed by atoms with van der Waals surface area (Å²) in [6.45, 7) is 3.46. The van der Waals surface area contributed by atoms with Crippen molar-refractivity contribution in [2.45, 2.75) is 19.3 Å². The Kier molecular flexibility index (Phi) is 3.98. The fourth-order valence-electron chi connectivity index (χ4n) is 3.20. The van der Waals surface area contributed by atoms with Gasteiger partial charge in [-0.15, -0.1) is 0 Å². The van der Waals surface area contributed by atoms with E-state index in [4.69, 9.17) is 0 Å². The van der Waals surface area contributed by atoms with Crippen molar-refractivity contribution in [2.75, 3.05) is 23.9 Å². The van der Waals surface area contributed by atoms with Crippen LogP contribution in [0.3, 0.4) is 0 Å². The van der Waals surface area contributed by atoms with E-state index in [2.05, 4.69) is 4.98 Å². The second-order valence-electron chi connectivity index (χ2n) is 6.70. The van der Waals surface area contributed by atoms with Crippen LogP contribution < -0.4 is 9.80 Å². The van der Waals surface area contributed by atoms with E-state index in [9.17, 15) is 19.7 Å². The number of carbonyl (C=O) groups is 2. The van der Waals surface area contributed by atoms with Crippen molar-refractivity contribution in [2.24, 2.45) is 0 Å². The van der Waals surface area contributed by atoms with Gasteiger partial charge in [0, 0.05) is 38.1 Å². The van der Waals surface area contributed by atoms with Crippen LogP contribution in [0.1, 0.15) is 29.8 Å². The summed E-state index contributed by atoms with van der Waals surface area (Å²) in [6, 6.07) is 6.00. The summed E-state index contributed by atoms with van der Waals surface area (Å²) >= 11 is 0. The van der Waals surface area contributed by atoms with Crippen molar-refractivity contribution in [3.8, 4) is 0 Å². The van der Waals surface area contributed by atoms with Crippen LogP contribution in [0.2, 0.25) is 0 Å². The van der Waals surface area contributed by atoms with E-state index in [-0.39, 0.29) is 17.3 Å². The average Bonchev–Trinajstić information content (AvgIpc) is 2.80. The summed E-state index contributed by atoms with van der Waals surface area (Å²) < 4.78 is 0. The number of likely N-dealkylation sites (N-methyl/N-ethyl adjacent to an activating group) is 1. The third kappa shape index (κ3) is 2.50. The van der Waals surface area contributed by atoms with Gasteiger partial charge in [0.2, 0.25) is 5.91 Å². The first-order valence-electron chi connectivity index (χ1n) is 7.95. The lowest BCUT2D eigenvalue weighted by Gasteiger charge is -2.20. The second kappa shape index (κ2) is 5.91. The number of nitro groups is 1. The second-order valence-corrected chi connectivity index (χ2v) is 6.70. The third-order valence-corrected chi connectivity index (χ3v) is 4.76. The molecule has 2 heterocycles. The smallest absolute Gasteiger partial charge is 0.293 e. The minimum Gasteiger partial charge on any atom is -0.314 e. The molecule has 1 aromatic heterocycles. The van der Waals surface area contributed by atoms with E-state index < -0.39 is 16.2 Å². The molecule has 0 saturated carbocycles. The van der Waals surface area contributed by atoms with E-state index >= 15 is 0 Å². The Morgan fingerprint density at radius 1 is 1.27 bits per heavy atom. The third-order valence-electron chi connectivity index (χ3n) is 4.76. The van der Waals surface area contributed by atoms with Gasteiger partial charge in [-0.3, -0.25) is 24.7 Å². The van der Waals surface area contributed by atoms with E-state index in [1.807, 2.05) is 0 Å². The molecule has 3 rings (SSSR count). The number of anilines is 2. The topological polar surface area (TPSA) is 96.6 Å². The molecule has 0 saturated heterocycles. The lowest BCUT2D eigenvalue weighted by Crippen LogP contribution is -2.33. The van der Waals surface area contributed by atoms with E-state index in [0.717, 1.165) is 0 Å². The zero-order valence-corrected chi connectivity index (χ0v) is 14.9. The van der Waals surface area contributed by atoms with E-state index in [1.165, 1.54) is 53.5 Å². The maximum Gasteiger partial charge on any atom is 0.293 e. The molecule has 0 aliphatic carbocycles. The van der Waals surface area contributed by atoms with Gasteiger partial charge in [0.15, 0.2) is 0 Å². The number of rotatable bonds is 3. The Bertz CT molecular complexity index is 924. The SMILES string of the molecule is CN(C(=O)c1ccncc1)c1cc2c(cc1[N+](=O)[O-])C(C)(C)C(=O)N2C. The van der Waals surface area contributed by atoms with Crippen molar-refractivity contribution in [1.82, 2.24) is 4.98 Å². The predicted octanol–water partition coefficient (Wildman–Crippen LogP) is 2.52. The highest BCUT2D eigenvalue weighted by Crippen LogP contribution is 2.46. The van der Waals surface area contributed by atoms with Crippen LogP contribution in [0.15, 0.2) is 36.7 Å². The lowest BCUT2D eigenvalue weighted by molar-refractivity contribution is -0.384. The van der Waals surface area contributed by atoms with Gasteiger partial charge >= 0.3 is 0 Å². The number of amides is 2. The number of nitrogens with zero attached hydrogens (tertiary/aromatic N) is 4. The Balaban J connectivity index is 2.15. The number of nitro benzene ring substituents is 1. The quantitative estimate of drug-likeness (QED) is 0.623. The zero-order valence-electron chi connectivity index (χ0n) is 14.9. The lowest BCUT2D eigenvalue weighted by atomic mass is 9.85. The summed E-state index contributed by atoms with van der Waals surface area (Å²) in [5.41, 5.74) is 0.557. The van der Waals surface area contributed by atoms with Crippen LogP contribution in [0.5, 0.6) is 0 Å². The molecule has 0 bridgehead atoms. The molecule has 8 nitrogen and oxygen atoms in total. The molecule has 1 aliphatic rings. The van der Waals surface area contributed by atoms with E-state index in [0.29, 0.717) is 16.8 Å². The Morgan fingerprint density at radius 3 is 2.46 bits per heavy atom. The van der Waals surface area contributed by atoms with Crippen molar-refractivity contribution in [1.29, 1.82) is 0 Å². The van der Waals surface area contributed by atoms with Gasteiger partial charge in [-0.1, -0.05) is 0 Å². The largest absolute Gasteiger partial charge is 0.314 e. The van der Waals surface area contributed by atoms with Crippen LogP contribution in [-0.2, 0) is 10.2 Å². The first kappa shape index (κ1) is 17.5. The Labute approximate surface area is 150 Å². The molecule has 1 aromatic carbocycles. The molecule has 8 heteroatoms. The molecule has 0 radical (unpaired) electrons. The van der Waals surface area contributed by atoms with Crippen LogP contribution >= 0.6 is 0 Å². The van der Waals surface area contributed by atoms with Gasteiger partial charge in [0.05, 0.1) is 16.0 Å². The number of hydrogen-bond donors (Lipinski definition) is 0. The zero-order chi connectivity index (χ0) is 19.2. The minimum absolute atomic E-state index is 0.132. The van der Waals surface area contributed by atoms with Gasteiger partial charge in [0.25, 0.3) is 11.6 Å². The van der Waals surface area contributed by atoms with Crippen molar-refractivity contribution in [3.05, 3.63) is 57.9 Å². The molecule has 1 aliphatic heterocycles. The first-order valence-corrected chi connectivity index (χ1v) is 7.95. The molecule has 0 fully saturated rings. The van der Waals surface area contributed by atoms with Crippen LogP contribution in [0.25, 0.3) is 0 Å². The number of fused-ring (bicyclic) bond motifs is 1. The molecule has 0 spiro atoms. The van der Waals surface area contributed by atoms with E-state index in [1.54, 1.807) is 20.9 Å². The maximum absolute atomic E-state index is 12.7. The Morgan fingerprint density at radius 2 is 1.88 bits per heavy atom. The van der Waals surface area contributed by atoms with Crippen molar-refractivity contribution >= 4 is 28.9 Å². The van der Waals surface area contributed by atoms with Crippen LogP contribution in [0.4, 0.5) is 17.1 Å². The van der Waals surface area contributed by atoms with Gasteiger partial charge in [-0.05, 0) is 37.6 Å². The number of carbonyl (C=O) groups excluding carboxylic acids is 2. The average molecular weight is 354 g/mol. The fraction of sp³-hybridized carbons (Fsp3) is 0.278. The molecule has 2 aromatic rings. The van der Waals surface area contributed by atoms with Crippen molar-refractivity contribution < 1.29 is 14.5 Å². The molecule has 0 N–H and O–H groups in total. The maximum atomic E-state index is 12.7. The number of pyridine rings is 1. The van der Waals surface area contributed by atoms with Crippen LogP contribution in [0, 0.1) is 10.1 Å². The molecular weight excluding hydrogens is 336 g/mol. The number of aromatic nitrogens is 1. The summed E-state index contributed by atoms with van der Waals surface area (Å²) in [5.74, 6) is -0.552. The molecule has 134 valence electrons. The van der Waals surface area contributed by atoms with Crippen molar-refractivity contribution in [3.63, 3.8) is 0 Å². The summed E-state index contributed by atoms with van der Waals surface area (Å²) in [5, 5.41) is 11.6. The molecule has 0 unspecified atom stereocenters. The highest BCUT2D eigenvalue weighted by Gasteiger charge is 2.44. The van der Waals surface area contributed by atoms with Gasteiger partial charge in [0.1, 0.15) is 5.69 Å². The molecule has 0 atom stereocenters. The van der Waals surface area contributed by atoms with Crippen LogP contribution in [-0.4, -0.2) is 35.8 Å². The number of benzene rings is 1. The summed E-state index contributed by atoms with van der Waals surface area (Å²) in [6.07, 6.45) is 2.96. The summed E-state index contributed by atoms with van der Waals surface area (Å²) in [7, 11) is 3.09. The molecular formula is C18H18N4O4. The molecule has 26 heavy (non-hydrogen) atoms. The monoisotopic (exact) mass is 354 g/mol. The molecule has 2 amide bonds. The van der Waals surface area contributed by atoms with Gasteiger partial charge in [-0.25, -0.2) is 0 Å². The Hall–Kier alpha value is -3.29. The highest BCUT2D eigenvalue weighted by atomic mass is 16.6. The minimum atomic E-state index is -0.860. The predicted molar refractivity (Wildman–Crippen MR) is 96.5 cm³/mol. The number of hydrogen-bond acceptors (Lipinski definition) is 5. The van der Waals surface area contributed by atoms with Gasteiger partial charge < -0.3 is 9.80 Å². The first-order chi connectivity index (χ1) is 12.2. The normalized spacial score (nSPS) is 14.9. The summed E-state index contributed by atoms with van der Waals surface area (Å²) in [4.78, 5) is 42.8. The fourth-order valence-corrected chi connectivity index (χ4v) is 3.20. The van der Waals surface area contributed by atoms with Gasteiger partial charge in [-0.2, -0.15) is 0 Å².